The second kappa shape index (κ2) is 8.26. The van der Waals surface area contributed by atoms with Crippen molar-refractivity contribution in [2.45, 2.75) is 31.2 Å². The first kappa shape index (κ1) is 22.4. The molecule has 10 nitrogen and oxygen atoms in total. The van der Waals surface area contributed by atoms with Crippen LogP contribution in [-0.2, 0) is 15.9 Å². The first-order chi connectivity index (χ1) is 16.8. The number of anilines is 2. The molecule has 0 aliphatic carbocycles. The van der Waals surface area contributed by atoms with Crippen LogP contribution in [0.2, 0.25) is 0 Å². The Kier molecular flexibility index (Phi) is 5.29. The lowest BCUT2D eigenvalue weighted by Crippen LogP contribution is -2.47. The van der Waals surface area contributed by atoms with Crippen molar-refractivity contribution in [2.24, 2.45) is 5.73 Å². The second-order valence-electron chi connectivity index (χ2n) is 9.07. The average molecular weight is 501 g/mol. The number of nitrogens with one attached hydrogen (secondary N) is 1. The third-order valence-electron chi connectivity index (χ3n) is 6.70. The number of pyridine rings is 2. The number of hydrogen-bond donors (Lipinski definition) is 3. The molecule has 1 amide bonds. The molecule has 0 aromatic carbocycles. The predicted octanol–water partition coefficient (Wildman–Crippen LogP) is 1.34. The summed E-state index contributed by atoms with van der Waals surface area (Å²) in [6.45, 7) is 3.99. The Labute approximate surface area is 204 Å². The lowest BCUT2D eigenvalue weighted by atomic mass is 10.1. The van der Waals surface area contributed by atoms with E-state index in [0.717, 1.165) is 22.7 Å². The van der Waals surface area contributed by atoms with E-state index in [0.29, 0.717) is 53.7 Å². The third-order valence-corrected chi connectivity index (χ3v) is 7.81. The van der Waals surface area contributed by atoms with Gasteiger partial charge in [0, 0.05) is 23.9 Å². The number of nitrogens with zero attached hydrogens (tertiary/aromatic N) is 3. The largest absolute Gasteiger partial charge is 0.475 e. The Morgan fingerprint density at radius 3 is 2.91 bits per heavy atom. The standard InChI is InChI=1S/C23H25FN6O4S/c1-11-15(24)7-14-18(26)19(35-22(14)27-11)20(31)28-13-6-12-2-3-17(29-21(12)32-9-13)30-8-16(25)23(10-30)33-4-5-34-23/h2-3,7,13,16H,4-6,8-10,25-26H2,1H3,(H,28,31). The van der Waals surface area contributed by atoms with Gasteiger partial charge < -0.3 is 35.9 Å². The van der Waals surface area contributed by atoms with E-state index in [1.165, 1.54) is 6.07 Å². The van der Waals surface area contributed by atoms with Crippen LogP contribution in [0.1, 0.15) is 20.9 Å². The van der Waals surface area contributed by atoms with Crippen LogP contribution in [0.3, 0.4) is 0 Å². The number of ether oxygens (including phenoxy) is 3. The number of rotatable bonds is 3. The zero-order valence-electron chi connectivity index (χ0n) is 19.0. The van der Waals surface area contributed by atoms with Crippen LogP contribution in [-0.4, -0.2) is 66.7 Å². The fourth-order valence-electron chi connectivity index (χ4n) is 4.81. The van der Waals surface area contributed by atoms with Gasteiger partial charge >= 0.3 is 0 Å². The van der Waals surface area contributed by atoms with Crippen LogP contribution in [0.5, 0.6) is 5.88 Å². The van der Waals surface area contributed by atoms with Crippen molar-refractivity contribution in [3.63, 3.8) is 0 Å². The lowest BCUT2D eigenvalue weighted by molar-refractivity contribution is -0.147. The Morgan fingerprint density at radius 2 is 2.11 bits per heavy atom. The summed E-state index contributed by atoms with van der Waals surface area (Å²) in [5.41, 5.74) is 13.8. The highest BCUT2D eigenvalue weighted by Crippen LogP contribution is 2.35. The van der Waals surface area contributed by atoms with E-state index in [2.05, 4.69) is 15.3 Å². The highest BCUT2D eigenvalue weighted by molar-refractivity contribution is 7.21. The van der Waals surface area contributed by atoms with Crippen molar-refractivity contribution in [1.29, 1.82) is 0 Å². The van der Waals surface area contributed by atoms with Crippen molar-refractivity contribution >= 4 is 39.0 Å². The minimum Gasteiger partial charge on any atom is -0.475 e. The quantitative estimate of drug-likeness (QED) is 0.486. The highest BCUT2D eigenvalue weighted by Gasteiger charge is 2.50. The molecule has 0 saturated carbocycles. The van der Waals surface area contributed by atoms with Crippen LogP contribution in [0.15, 0.2) is 18.2 Å². The van der Waals surface area contributed by atoms with E-state index in [-0.39, 0.29) is 36.0 Å². The molecule has 184 valence electrons. The highest BCUT2D eigenvalue weighted by atomic mass is 32.1. The van der Waals surface area contributed by atoms with Gasteiger partial charge in [-0.1, -0.05) is 0 Å². The maximum absolute atomic E-state index is 13.9. The summed E-state index contributed by atoms with van der Waals surface area (Å²) in [6.07, 6.45) is 0.556. The van der Waals surface area contributed by atoms with E-state index in [1.54, 1.807) is 6.92 Å². The SMILES string of the molecule is Cc1nc2sc(C(=O)NC3COc4nc(N5CC(N)C6(C5)OCCO6)ccc4C3)c(N)c2cc1F. The Balaban J connectivity index is 1.15. The lowest BCUT2D eigenvalue weighted by Gasteiger charge is -2.27. The molecule has 2 atom stereocenters. The van der Waals surface area contributed by atoms with Gasteiger partial charge in [-0.2, -0.15) is 4.98 Å². The number of carbonyl (C=O) groups excluding carboxylic acids is 1. The molecule has 6 heterocycles. The van der Waals surface area contributed by atoms with Gasteiger partial charge in [0.25, 0.3) is 5.91 Å². The number of nitrogen functional groups attached to an aromatic ring is 1. The van der Waals surface area contributed by atoms with Crippen LogP contribution in [0.25, 0.3) is 10.2 Å². The molecule has 2 unspecified atom stereocenters. The van der Waals surface area contributed by atoms with Crippen LogP contribution >= 0.6 is 11.3 Å². The molecule has 1 spiro atoms. The molecule has 3 aliphatic rings. The van der Waals surface area contributed by atoms with Crippen molar-refractivity contribution < 1.29 is 23.4 Å². The third kappa shape index (κ3) is 3.77. The van der Waals surface area contributed by atoms with E-state index < -0.39 is 11.6 Å². The minimum atomic E-state index is -0.776. The molecule has 3 aromatic rings. The number of fused-ring (bicyclic) bond motifs is 2. The van der Waals surface area contributed by atoms with Gasteiger partial charge in [-0.05, 0) is 25.1 Å². The Hall–Kier alpha value is -3.06. The molecular weight excluding hydrogens is 475 g/mol. The van der Waals surface area contributed by atoms with Crippen LogP contribution in [0.4, 0.5) is 15.9 Å². The van der Waals surface area contributed by atoms with Crippen molar-refractivity contribution in [2.75, 3.05) is 43.5 Å². The van der Waals surface area contributed by atoms with Crippen molar-refractivity contribution in [3.05, 3.63) is 40.2 Å². The zero-order chi connectivity index (χ0) is 24.3. The van der Waals surface area contributed by atoms with E-state index >= 15 is 0 Å². The minimum absolute atomic E-state index is 0.231. The van der Waals surface area contributed by atoms with Gasteiger partial charge in [-0.15, -0.1) is 11.3 Å². The number of nitrogens with two attached hydrogens (primary N) is 2. The van der Waals surface area contributed by atoms with Gasteiger partial charge in [0.1, 0.15) is 27.9 Å². The summed E-state index contributed by atoms with van der Waals surface area (Å²) in [4.78, 5) is 24.7. The number of aryl methyl sites for hydroxylation is 1. The second-order valence-corrected chi connectivity index (χ2v) is 10.1. The molecule has 3 aliphatic heterocycles. The van der Waals surface area contributed by atoms with E-state index in [4.69, 9.17) is 25.7 Å². The van der Waals surface area contributed by atoms with E-state index in [9.17, 15) is 9.18 Å². The fraction of sp³-hybridized carbons (Fsp3) is 0.435. The summed E-state index contributed by atoms with van der Waals surface area (Å²) in [6, 6.07) is 4.66. The maximum Gasteiger partial charge on any atom is 0.263 e. The Morgan fingerprint density at radius 1 is 1.31 bits per heavy atom. The number of carbonyl (C=O) groups is 1. The van der Waals surface area contributed by atoms with Gasteiger partial charge in [-0.3, -0.25) is 4.79 Å². The molecule has 5 N–H and O–H groups in total. The molecule has 0 bridgehead atoms. The summed E-state index contributed by atoms with van der Waals surface area (Å²) >= 11 is 1.15. The van der Waals surface area contributed by atoms with Gasteiger partial charge in [0.2, 0.25) is 11.7 Å². The number of hydrogen-bond acceptors (Lipinski definition) is 10. The fourth-order valence-corrected chi connectivity index (χ4v) is 5.84. The number of aromatic nitrogens is 2. The van der Waals surface area contributed by atoms with Gasteiger partial charge in [0.15, 0.2) is 0 Å². The van der Waals surface area contributed by atoms with Gasteiger partial charge in [0.05, 0.1) is 43.2 Å². The monoisotopic (exact) mass is 500 g/mol. The van der Waals surface area contributed by atoms with Crippen LogP contribution in [0, 0.1) is 12.7 Å². The smallest absolute Gasteiger partial charge is 0.263 e. The molecule has 0 radical (unpaired) electrons. The zero-order valence-corrected chi connectivity index (χ0v) is 19.9. The number of thiophene rings is 1. The topological polar surface area (TPSA) is 138 Å². The van der Waals surface area contributed by atoms with Gasteiger partial charge in [-0.25, -0.2) is 9.37 Å². The van der Waals surface area contributed by atoms with Crippen molar-refractivity contribution in [1.82, 2.24) is 15.3 Å². The number of amides is 1. The molecule has 2 fully saturated rings. The first-order valence-electron chi connectivity index (χ1n) is 11.4. The average Bonchev–Trinajstić information content (AvgIpc) is 3.53. The first-order valence-corrected chi connectivity index (χ1v) is 12.2. The molecule has 35 heavy (non-hydrogen) atoms. The maximum atomic E-state index is 13.9. The van der Waals surface area contributed by atoms with Crippen molar-refractivity contribution in [3.8, 4) is 5.88 Å². The molecular formula is C23H25FN6O4S. The molecule has 3 aromatic heterocycles. The molecule has 6 rings (SSSR count). The summed E-state index contributed by atoms with van der Waals surface area (Å²) in [7, 11) is 0. The normalized spacial score (nSPS) is 23.0. The summed E-state index contributed by atoms with van der Waals surface area (Å²) in [5.74, 6) is -0.286. The Bertz CT molecular complexity index is 1330. The summed E-state index contributed by atoms with van der Waals surface area (Å²) in [5, 5.41) is 3.42. The number of halogens is 1. The molecule has 12 heteroatoms. The van der Waals surface area contributed by atoms with Crippen LogP contribution < -0.4 is 26.4 Å². The predicted molar refractivity (Wildman–Crippen MR) is 128 cm³/mol. The van der Waals surface area contributed by atoms with E-state index in [1.807, 2.05) is 17.0 Å². The molecule has 2 saturated heterocycles. The summed E-state index contributed by atoms with van der Waals surface area (Å²) < 4.78 is 31.4.